The summed E-state index contributed by atoms with van der Waals surface area (Å²) in [6, 6.07) is 7.26. The molecule has 1 amide bonds. The summed E-state index contributed by atoms with van der Waals surface area (Å²) < 4.78 is 27.0. The molecule has 1 aliphatic heterocycles. The van der Waals surface area contributed by atoms with E-state index in [2.05, 4.69) is 0 Å². The quantitative estimate of drug-likeness (QED) is 0.830. The normalized spacial score (nSPS) is 17.1. The topological polar surface area (TPSA) is 57.7 Å². The summed E-state index contributed by atoms with van der Waals surface area (Å²) in [6.45, 7) is 1.88. The Labute approximate surface area is 144 Å². The molecule has 8 heteroatoms. The molecule has 0 unspecified atom stereocenters. The molecule has 3 heterocycles. The van der Waals surface area contributed by atoms with Gasteiger partial charge in [-0.25, -0.2) is 8.42 Å². The first-order valence-corrected chi connectivity index (χ1v) is 10.6. The Balaban J connectivity index is 1.64. The summed E-state index contributed by atoms with van der Waals surface area (Å²) in [5, 5.41) is 3.72. The van der Waals surface area contributed by atoms with Gasteiger partial charge in [-0.1, -0.05) is 12.1 Å². The Morgan fingerprint density at radius 3 is 2.52 bits per heavy atom. The van der Waals surface area contributed by atoms with E-state index in [1.165, 1.54) is 15.6 Å². The maximum absolute atomic E-state index is 12.6. The molecule has 124 valence electrons. The van der Waals surface area contributed by atoms with Gasteiger partial charge in [0.2, 0.25) is 5.91 Å². The molecule has 1 fully saturated rings. The lowest BCUT2D eigenvalue weighted by atomic mass is 10.3. The zero-order valence-electron chi connectivity index (χ0n) is 12.6. The van der Waals surface area contributed by atoms with Crippen LogP contribution in [0.15, 0.2) is 39.2 Å². The van der Waals surface area contributed by atoms with E-state index in [0.717, 1.165) is 4.88 Å². The van der Waals surface area contributed by atoms with E-state index in [4.69, 9.17) is 0 Å². The Kier molecular flexibility index (Phi) is 5.15. The molecule has 0 spiro atoms. The first kappa shape index (κ1) is 16.6. The first-order chi connectivity index (χ1) is 11.1. The smallest absolute Gasteiger partial charge is 0.252 e. The van der Waals surface area contributed by atoms with Gasteiger partial charge in [-0.15, -0.1) is 22.7 Å². The molecule has 23 heavy (non-hydrogen) atoms. The third kappa shape index (κ3) is 3.82. The van der Waals surface area contributed by atoms with Gasteiger partial charge in [-0.3, -0.25) is 4.79 Å². The van der Waals surface area contributed by atoms with Crippen LogP contribution >= 0.6 is 22.7 Å². The molecule has 0 N–H and O–H groups in total. The molecule has 3 rings (SSSR count). The molecule has 0 atom stereocenters. The van der Waals surface area contributed by atoms with Crippen molar-refractivity contribution in [1.29, 1.82) is 0 Å². The predicted molar refractivity (Wildman–Crippen MR) is 92.3 cm³/mol. The van der Waals surface area contributed by atoms with Crippen LogP contribution < -0.4 is 0 Å². The minimum absolute atomic E-state index is 0.0721. The van der Waals surface area contributed by atoms with Gasteiger partial charge in [0.05, 0.1) is 6.42 Å². The fraction of sp³-hybridized carbons (Fsp3) is 0.400. The van der Waals surface area contributed by atoms with Crippen LogP contribution in [0.2, 0.25) is 0 Å². The highest BCUT2D eigenvalue weighted by atomic mass is 32.2. The fourth-order valence-corrected chi connectivity index (χ4v) is 5.91. The van der Waals surface area contributed by atoms with E-state index in [9.17, 15) is 13.2 Å². The zero-order valence-corrected chi connectivity index (χ0v) is 15.0. The van der Waals surface area contributed by atoms with Crippen molar-refractivity contribution in [2.75, 3.05) is 26.2 Å². The second-order valence-electron chi connectivity index (χ2n) is 5.33. The molecule has 1 aliphatic rings. The standard InChI is InChI=1S/C15H18N2O3S3/c18-14(12-13-4-1-10-21-13)16-6-3-7-17(9-8-16)23(19,20)15-5-2-11-22-15/h1-2,4-5,10-11H,3,6-9,12H2. The highest BCUT2D eigenvalue weighted by molar-refractivity contribution is 7.91. The minimum atomic E-state index is -3.43. The van der Waals surface area contributed by atoms with Gasteiger partial charge in [0.1, 0.15) is 4.21 Å². The largest absolute Gasteiger partial charge is 0.341 e. The second kappa shape index (κ2) is 7.12. The molecule has 0 saturated carbocycles. The Morgan fingerprint density at radius 2 is 1.83 bits per heavy atom. The average molecular weight is 371 g/mol. The van der Waals surface area contributed by atoms with E-state index in [1.807, 2.05) is 17.5 Å². The maximum atomic E-state index is 12.6. The number of rotatable bonds is 4. The Hall–Kier alpha value is -1.22. The summed E-state index contributed by atoms with van der Waals surface area (Å²) in [6.07, 6.45) is 1.07. The van der Waals surface area contributed by atoms with Crippen LogP contribution in [0, 0.1) is 0 Å². The summed E-state index contributed by atoms with van der Waals surface area (Å²) in [5.74, 6) is 0.0721. The first-order valence-electron chi connectivity index (χ1n) is 7.41. The third-order valence-electron chi connectivity index (χ3n) is 3.80. The highest BCUT2D eigenvalue weighted by Gasteiger charge is 2.28. The number of hydrogen-bond acceptors (Lipinski definition) is 5. The second-order valence-corrected chi connectivity index (χ2v) is 9.47. The fourth-order valence-electron chi connectivity index (χ4n) is 2.60. The van der Waals surface area contributed by atoms with Crippen molar-refractivity contribution in [2.24, 2.45) is 0 Å². The maximum Gasteiger partial charge on any atom is 0.252 e. The van der Waals surface area contributed by atoms with Crippen molar-refractivity contribution >= 4 is 38.6 Å². The van der Waals surface area contributed by atoms with Crippen LogP contribution in [0.3, 0.4) is 0 Å². The minimum Gasteiger partial charge on any atom is -0.341 e. The number of carbonyl (C=O) groups excluding carboxylic acids is 1. The lowest BCUT2D eigenvalue weighted by Crippen LogP contribution is -2.37. The molecule has 5 nitrogen and oxygen atoms in total. The van der Waals surface area contributed by atoms with Gasteiger partial charge in [-0.2, -0.15) is 4.31 Å². The molecule has 0 aromatic carbocycles. The summed E-state index contributed by atoms with van der Waals surface area (Å²) in [7, 11) is -3.43. The molecular weight excluding hydrogens is 352 g/mol. The molecular formula is C15H18N2O3S3. The average Bonchev–Trinajstić information content (AvgIpc) is 3.17. The van der Waals surface area contributed by atoms with Crippen LogP contribution in [0.1, 0.15) is 11.3 Å². The van der Waals surface area contributed by atoms with Gasteiger partial charge in [-0.05, 0) is 29.3 Å². The van der Waals surface area contributed by atoms with E-state index in [-0.39, 0.29) is 5.91 Å². The molecule has 0 bridgehead atoms. The van der Waals surface area contributed by atoms with Gasteiger partial charge in [0, 0.05) is 31.1 Å². The monoisotopic (exact) mass is 370 g/mol. The van der Waals surface area contributed by atoms with Crippen molar-refractivity contribution in [3.8, 4) is 0 Å². The molecule has 0 radical (unpaired) electrons. The van der Waals surface area contributed by atoms with Crippen molar-refractivity contribution in [3.63, 3.8) is 0 Å². The van der Waals surface area contributed by atoms with Gasteiger partial charge < -0.3 is 4.90 Å². The SMILES string of the molecule is O=C(Cc1cccs1)N1CCCN(S(=O)(=O)c2cccs2)CC1. The van der Waals surface area contributed by atoms with Crippen LogP contribution in [-0.4, -0.2) is 49.7 Å². The number of nitrogens with zero attached hydrogens (tertiary/aromatic N) is 2. The van der Waals surface area contributed by atoms with Crippen LogP contribution in [0.25, 0.3) is 0 Å². The lowest BCUT2D eigenvalue weighted by Gasteiger charge is -2.21. The number of thiophene rings is 2. The van der Waals surface area contributed by atoms with Crippen molar-refractivity contribution < 1.29 is 13.2 Å². The predicted octanol–water partition coefficient (Wildman–Crippen LogP) is 2.28. The van der Waals surface area contributed by atoms with E-state index in [0.29, 0.717) is 43.2 Å². The van der Waals surface area contributed by atoms with Crippen LogP contribution in [0.4, 0.5) is 0 Å². The summed E-state index contributed by atoms with van der Waals surface area (Å²) >= 11 is 2.80. The number of carbonyl (C=O) groups is 1. The highest BCUT2D eigenvalue weighted by Crippen LogP contribution is 2.22. The van der Waals surface area contributed by atoms with E-state index >= 15 is 0 Å². The molecule has 2 aromatic rings. The molecule has 1 saturated heterocycles. The summed E-state index contributed by atoms with van der Waals surface area (Å²) in [4.78, 5) is 15.2. The van der Waals surface area contributed by atoms with Crippen molar-refractivity contribution in [3.05, 3.63) is 39.9 Å². The Morgan fingerprint density at radius 1 is 1.04 bits per heavy atom. The van der Waals surface area contributed by atoms with Crippen LogP contribution in [0.5, 0.6) is 0 Å². The van der Waals surface area contributed by atoms with Crippen LogP contribution in [-0.2, 0) is 21.2 Å². The van der Waals surface area contributed by atoms with Gasteiger partial charge >= 0.3 is 0 Å². The Bertz CT molecular complexity index is 739. The summed E-state index contributed by atoms with van der Waals surface area (Å²) in [5.41, 5.74) is 0. The van der Waals surface area contributed by atoms with Gasteiger partial charge in [0.25, 0.3) is 10.0 Å². The third-order valence-corrected chi connectivity index (χ3v) is 7.95. The lowest BCUT2D eigenvalue weighted by molar-refractivity contribution is -0.130. The number of amides is 1. The van der Waals surface area contributed by atoms with Crippen molar-refractivity contribution in [2.45, 2.75) is 17.1 Å². The number of sulfonamides is 1. The molecule has 0 aliphatic carbocycles. The van der Waals surface area contributed by atoms with Crippen molar-refractivity contribution in [1.82, 2.24) is 9.21 Å². The molecule has 2 aromatic heterocycles. The zero-order chi connectivity index (χ0) is 16.3. The number of hydrogen-bond donors (Lipinski definition) is 0. The van der Waals surface area contributed by atoms with Gasteiger partial charge in [0.15, 0.2) is 0 Å². The van der Waals surface area contributed by atoms with E-state index < -0.39 is 10.0 Å². The van der Waals surface area contributed by atoms with E-state index in [1.54, 1.807) is 33.7 Å².